The first-order valence-corrected chi connectivity index (χ1v) is 9.44. The Bertz CT molecular complexity index is 1060. The van der Waals surface area contributed by atoms with Gasteiger partial charge in [0.1, 0.15) is 11.9 Å². The number of aromatic nitrogens is 2. The third-order valence-electron chi connectivity index (χ3n) is 4.32. The average Bonchev–Trinajstić information content (AvgIpc) is 3.15. The van der Waals surface area contributed by atoms with Gasteiger partial charge in [0.2, 0.25) is 5.91 Å². The van der Waals surface area contributed by atoms with E-state index < -0.39 is 6.04 Å². The molecule has 28 heavy (non-hydrogen) atoms. The van der Waals surface area contributed by atoms with Gasteiger partial charge in [-0.3, -0.25) is 9.59 Å². The van der Waals surface area contributed by atoms with Crippen molar-refractivity contribution in [2.45, 2.75) is 12.5 Å². The monoisotopic (exact) mass is 434 g/mol. The Hall–Kier alpha value is -2.54. The summed E-state index contributed by atoms with van der Waals surface area (Å²) in [6, 6.07) is 11.2. The van der Waals surface area contributed by atoms with Gasteiger partial charge >= 0.3 is 0 Å². The van der Waals surface area contributed by atoms with Gasteiger partial charge in [-0.25, -0.2) is 4.68 Å². The normalized spacial score (nSPS) is 15.2. The predicted octanol–water partition coefficient (Wildman–Crippen LogP) is 5.03. The standard InChI is InChI=1S/C19H13Cl3N4O2/c20-11-3-1-10(2-4-11)15-9-23-26-16(19(28)25-18(15)26)8-17(27)24-14-6-12(21)5-13(22)7-14/h1-7,9,16H,8H2,(H,24,27)(H,25,28). The van der Waals surface area contributed by atoms with Crippen molar-refractivity contribution in [3.8, 4) is 11.1 Å². The van der Waals surface area contributed by atoms with Crippen LogP contribution in [0, 0.1) is 0 Å². The van der Waals surface area contributed by atoms with Gasteiger partial charge in [-0.15, -0.1) is 0 Å². The molecule has 2 amide bonds. The zero-order chi connectivity index (χ0) is 19.8. The van der Waals surface area contributed by atoms with Crippen molar-refractivity contribution in [2.24, 2.45) is 0 Å². The van der Waals surface area contributed by atoms with Crippen LogP contribution in [0.15, 0.2) is 48.7 Å². The number of carbonyl (C=O) groups excluding carboxylic acids is 2. The van der Waals surface area contributed by atoms with Gasteiger partial charge in [0, 0.05) is 26.3 Å². The van der Waals surface area contributed by atoms with E-state index in [1.54, 1.807) is 36.5 Å². The number of anilines is 2. The van der Waals surface area contributed by atoms with Crippen molar-refractivity contribution in [3.05, 3.63) is 63.7 Å². The molecule has 0 aliphatic carbocycles. The molecule has 0 radical (unpaired) electrons. The SMILES string of the molecule is O=C(CC1C(=O)Nc2c(-c3ccc(Cl)cc3)cnn21)Nc1cc(Cl)cc(Cl)c1. The predicted molar refractivity (Wildman–Crippen MR) is 110 cm³/mol. The van der Waals surface area contributed by atoms with E-state index in [4.69, 9.17) is 34.8 Å². The smallest absolute Gasteiger partial charge is 0.251 e. The van der Waals surface area contributed by atoms with E-state index in [1.165, 1.54) is 4.68 Å². The van der Waals surface area contributed by atoms with Crippen LogP contribution >= 0.6 is 34.8 Å². The van der Waals surface area contributed by atoms with Gasteiger partial charge in [0.15, 0.2) is 0 Å². The number of nitrogens with zero attached hydrogens (tertiary/aromatic N) is 2. The molecule has 1 aliphatic rings. The minimum Gasteiger partial charge on any atom is -0.326 e. The zero-order valence-electron chi connectivity index (χ0n) is 14.2. The molecule has 4 rings (SSSR count). The van der Waals surface area contributed by atoms with E-state index in [0.717, 1.165) is 11.1 Å². The maximum atomic E-state index is 12.4. The maximum absolute atomic E-state index is 12.4. The van der Waals surface area contributed by atoms with Gasteiger partial charge in [-0.2, -0.15) is 5.10 Å². The molecular formula is C19H13Cl3N4O2. The minimum absolute atomic E-state index is 0.0787. The fraction of sp³-hybridized carbons (Fsp3) is 0.105. The highest BCUT2D eigenvalue weighted by atomic mass is 35.5. The van der Waals surface area contributed by atoms with E-state index in [0.29, 0.717) is 26.6 Å². The Morgan fingerprint density at radius 3 is 2.43 bits per heavy atom. The summed E-state index contributed by atoms with van der Waals surface area (Å²) >= 11 is 17.8. The lowest BCUT2D eigenvalue weighted by Crippen LogP contribution is -2.23. The molecule has 0 saturated carbocycles. The molecule has 142 valence electrons. The van der Waals surface area contributed by atoms with Crippen molar-refractivity contribution in [3.63, 3.8) is 0 Å². The van der Waals surface area contributed by atoms with Crippen LogP contribution in [0.3, 0.4) is 0 Å². The van der Waals surface area contributed by atoms with Crippen molar-refractivity contribution < 1.29 is 9.59 Å². The summed E-state index contributed by atoms with van der Waals surface area (Å²) in [5, 5.41) is 11.2. The van der Waals surface area contributed by atoms with Gasteiger partial charge in [-0.05, 0) is 35.9 Å². The first-order valence-electron chi connectivity index (χ1n) is 8.31. The number of nitrogens with one attached hydrogen (secondary N) is 2. The Labute approximate surface area is 175 Å². The molecule has 1 unspecified atom stereocenters. The summed E-state index contributed by atoms with van der Waals surface area (Å²) in [5.41, 5.74) is 2.09. The maximum Gasteiger partial charge on any atom is 0.251 e. The molecular weight excluding hydrogens is 423 g/mol. The van der Waals surface area contributed by atoms with Crippen molar-refractivity contribution in [2.75, 3.05) is 10.6 Å². The summed E-state index contributed by atoms with van der Waals surface area (Å²) in [4.78, 5) is 24.8. The van der Waals surface area contributed by atoms with Crippen LogP contribution < -0.4 is 10.6 Å². The second kappa shape index (κ2) is 7.47. The van der Waals surface area contributed by atoms with E-state index in [1.807, 2.05) is 12.1 Å². The summed E-state index contributed by atoms with van der Waals surface area (Å²) < 4.78 is 1.52. The fourth-order valence-corrected chi connectivity index (χ4v) is 3.72. The highest BCUT2D eigenvalue weighted by molar-refractivity contribution is 6.35. The van der Waals surface area contributed by atoms with Crippen LogP contribution in [0.4, 0.5) is 11.5 Å². The first-order chi connectivity index (χ1) is 13.4. The van der Waals surface area contributed by atoms with Crippen molar-refractivity contribution in [1.29, 1.82) is 0 Å². The fourth-order valence-electron chi connectivity index (χ4n) is 3.07. The second-order valence-corrected chi connectivity index (χ2v) is 7.58. The van der Waals surface area contributed by atoms with Crippen LogP contribution in [0.2, 0.25) is 15.1 Å². The number of rotatable bonds is 4. The van der Waals surface area contributed by atoms with Crippen LogP contribution in [0.25, 0.3) is 11.1 Å². The van der Waals surface area contributed by atoms with Crippen molar-refractivity contribution >= 4 is 58.1 Å². The van der Waals surface area contributed by atoms with Crippen molar-refractivity contribution in [1.82, 2.24) is 9.78 Å². The van der Waals surface area contributed by atoms with Gasteiger partial charge in [-0.1, -0.05) is 46.9 Å². The molecule has 2 N–H and O–H groups in total. The van der Waals surface area contributed by atoms with E-state index in [2.05, 4.69) is 15.7 Å². The molecule has 0 saturated heterocycles. The summed E-state index contributed by atoms with van der Waals surface area (Å²) in [6.07, 6.45) is 1.57. The molecule has 6 nitrogen and oxygen atoms in total. The molecule has 1 aromatic heterocycles. The van der Waals surface area contributed by atoms with Gasteiger partial charge in [0.05, 0.1) is 12.6 Å². The Morgan fingerprint density at radius 1 is 1.07 bits per heavy atom. The van der Waals surface area contributed by atoms with Crippen LogP contribution in [-0.4, -0.2) is 21.6 Å². The van der Waals surface area contributed by atoms with Crippen LogP contribution in [0.1, 0.15) is 12.5 Å². The lowest BCUT2D eigenvalue weighted by Gasteiger charge is -2.10. The summed E-state index contributed by atoms with van der Waals surface area (Å²) in [7, 11) is 0. The largest absolute Gasteiger partial charge is 0.326 e. The van der Waals surface area contributed by atoms with Gasteiger partial charge < -0.3 is 10.6 Å². The van der Waals surface area contributed by atoms with E-state index in [-0.39, 0.29) is 18.2 Å². The number of halogens is 3. The second-order valence-electron chi connectivity index (χ2n) is 6.27. The molecule has 2 aromatic carbocycles. The molecule has 0 fully saturated rings. The number of hydrogen-bond donors (Lipinski definition) is 2. The molecule has 0 spiro atoms. The van der Waals surface area contributed by atoms with Gasteiger partial charge in [0.25, 0.3) is 5.91 Å². The number of carbonyl (C=O) groups is 2. The lowest BCUT2D eigenvalue weighted by atomic mass is 10.1. The number of amides is 2. The minimum atomic E-state index is -0.745. The van der Waals surface area contributed by atoms with E-state index >= 15 is 0 Å². The molecule has 2 heterocycles. The molecule has 3 aromatic rings. The topological polar surface area (TPSA) is 76.0 Å². The first kappa shape index (κ1) is 18.8. The molecule has 9 heteroatoms. The average molecular weight is 436 g/mol. The molecule has 1 atom stereocenters. The Morgan fingerprint density at radius 2 is 1.75 bits per heavy atom. The number of benzene rings is 2. The lowest BCUT2D eigenvalue weighted by molar-refractivity contribution is -0.123. The quantitative estimate of drug-likeness (QED) is 0.603. The Kier molecular flexibility index (Phi) is 5.02. The number of fused-ring (bicyclic) bond motifs is 1. The van der Waals surface area contributed by atoms with Crippen LogP contribution in [0.5, 0.6) is 0 Å². The van der Waals surface area contributed by atoms with E-state index in [9.17, 15) is 9.59 Å². The number of hydrogen-bond acceptors (Lipinski definition) is 3. The highest BCUT2D eigenvalue weighted by Gasteiger charge is 2.35. The molecule has 1 aliphatic heterocycles. The summed E-state index contributed by atoms with van der Waals surface area (Å²) in [5.74, 6) is -0.0941. The molecule has 0 bridgehead atoms. The third kappa shape index (κ3) is 3.71. The van der Waals surface area contributed by atoms with Crippen LogP contribution in [-0.2, 0) is 9.59 Å². The summed E-state index contributed by atoms with van der Waals surface area (Å²) in [6.45, 7) is 0. The highest BCUT2D eigenvalue weighted by Crippen LogP contribution is 2.36. The third-order valence-corrected chi connectivity index (χ3v) is 5.00. The zero-order valence-corrected chi connectivity index (χ0v) is 16.5. The Balaban J connectivity index is 1.53.